The summed E-state index contributed by atoms with van der Waals surface area (Å²) in [6.45, 7) is 5.69. The van der Waals surface area contributed by atoms with Crippen LogP contribution in [-0.4, -0.2) is 32.2 Å². The smallest absolute Gasteiger partial charge is 0.256 e. The van der Waals surface area contributed by atoms with Gasteiger partial charge in [0.1, 0.15) is 0 Å². The van der Waals surface area contributed by atoms with Gasteiger partial charge in [0.2, 0.25) is 0 Å². The molecule has 5 heteroatoms. The molecule has 1 fully saturated rings. The summed E-state index contributed by atoms with van der Waals surface area (Å²) in [5, 5.41) is 5.09. The van der Waals surface area contributed by atoms with Crippen molar-refractivity contribution in [3.8, 4) is 0 Å². The Bertz CT molecular complexity index is 748. The van der Waals surface area contributed by atoms with Crippen molar-refractivity contribution in [3.05, 3.63) is 45.6 Å². The Morgan fingerprint density at radius 1 is 1.24 bits per heavy atom. The Labute approximate surface area is 152 Å². The van der Waals surface area contributed by atoms with E-state index in [1.807, 2.05) is 17.5 Å². The largest absolute Gasteiger partial charge is 0.378 e. The lowest BCUT2D eigenvalue weighted by Crippen LogP contribution is -2.36. The zero-order chi connectivity index (χ0) is 17.2. The lowest BCUT2D eigenvalue weighted by molar-refractivity contribution is 0.102. The van der Waals surface area contributed by atoms with Gasteiger partial charge in [-0.2, -0.15) is 0 Å². The first-order valence-corrected chi connectivity index (χ1v) is 9.92. The number of morpholine rings is 1. The van der Waals surface area contributed by atoms with Crippen molar-refractivity contribution in [2.45, 2.75) is 26.2 Å². The molecule has 1 atom stereocenters. The fourth-order valence-corrected chi connectivity index (χ4v) is 4.89. The van der Waals surface area contributed by atoms with Gasteiger partial charge < -0.3 is 15.0 Å². The molecule has 132 valence electrons. The van der Waals surface area contributed by atoms with Gasteiger partial charge in [-0.05, 0) is 55.0 Å². The zero-order valence-corrected chi connectivity index (χ0v) is 15.4. The van der Waals surface area contributed by atoms with Crippen molar-refractivity contribution in [1.82, 2.24) is 0 Å². The van der Waals surface area contributed by atoms with Gasteiger partial charge in [-0.25, -0.2) is 0 Å². The SMILES string of the molecule is C[C@@H]1CCc2c(C(=O)Nc3ccc(N4CCOCC4)cc3)csc2C1. The first-order chi connectivity index (χ1) is 12.2. The third kappa shape index (κ3) is 3.58. The Morgan fingerprint density at radius 3 is 2.76 bits per heavy atom. The molecule has 2 aromatic rings. The van der Waals surface area contributed by atoms with E-state index >= 15 is 0 Å². The quantitative estimate of drug-likeness (QED) is 0.905. The highest BCUT2D eigenvalue weighted by atomic mass is 32.1. The first-order valence-electron chi connectivity index (χ1n) is 9.04. The number of hydrogen-bond donors (Lipinski definition) is 1. The first kappa shape index (κ1) is 16.6. The summed E-state index contributed by atoms with van der Waals surface area (Å²) in [6.07, 6.45) is 3.32. The predicted molar refractivity (Wildman–Crippen MR) is 103 cm³/mol. The van der Waals surface area contributed by atoms with Crippen LogP contribution in [0.25, 0.3) is 0 Å². The van der Waals surface area contributed by atoms with Gasteiger partial charge in [-0.15, -0.1) is 11.3 Å². The third-order valence-electron chi connectivity index (χ3n) is 5.15. The second-order valence-corrected chi connectivity index (χ2v) is 7.96. The lowest BCUT2D eigenvalue weighted by atomic mass is 9.88. The Hall–Kier alpha value is -1.85. The molecule has 1 amide bonds. The minimum absolute atomic E-state index is 0.0196. The van der Waals surface area contributed by atoms with Crippen molar-refractivity contribution < 1.29 is 9.53 Å². The van der Waals surface area contributed by atoms with Gasteiger partial charge >= 0.3 is 0 Å². The van der Waals surface area contributed by atoms with Crippen LogP contribution in [0.5, 0.6) is 0 Å². The summed E-state index contributed by atoms with van der Waals surface area (Å²) in [6, 6.07) is 8.13. The second-order valence-electron chi connectivity index (χ2n) is 7.00. The van der Waals surface area contributed by atoms with E-state index < -0.39 is 0 Å². The molecule has 1 aliphatic carbocycles. The maximum Gasteiger partial charge on any atom is 0.256 e. The molecule has 1 N–H and O–H groups in total. The van der Waals surface area contributed by atoms with Gasteiger partial charge in [0.05, 0.1) is 18.8 Å². The normalized spacial score (nSPS) is 20.2. The summed E-state index contributed by atoms with van der Waals surface area (Å²) in [5.74, 6) is 0.751. The van der Waals surface area contributed by atoms with E-state index in [2.05, 4.69) is 29.3 Å². The Balaban J connectivity index is 1.44. The molecular weight excluding hydrogens is 332 g/mol. The van der Waals surface area contributed by atoms with Crippen LogP contribution in [0.15, 0.2) is 29.6 Å². The van der Waals surface area contributed by atoms with Crippen LogP contribution in [0.3, 0.4) is 0 Å². The van der Waals surface area contributed by atoms with Crippen LogP contribution in [0.4, 0.5) is 11.4 Å². The van der Waals surface area contributed by atoms with Crippen LogP contribution >= 0.6 is 11.3 Å². The van der Waals surface area contributed by atoms with Crippen LogP contribution < -0.4 is 10.2 Å². The predicted octanol–water partition coefficient (Wildman–Crippen LogP) is 3.96. The molecule has 2 heterocycles. The molecule has 1 aromatic carbocycles. The van der Waals surface area contributed by atoms with E-state index in [9.17, 15) is 4.79 Å². The van der Waals surface area contributed by atoms with Gasteiger partial charge in [-0.1, -0.05) is 6.92 Å². The van der Waals surface area contributed by atoms with Gasteiger partial charge in [0.25, 0.3) is 5.91 Å². The summed E-state index contributed by atoms with van der Waals surface area (Å²) in [4.78, 5) is 16.4. The molecule has 0 unspecified atom stereocenters. The number of fused-ring (bicyclic) bond motifs is 1. The minimum atomic E-state index is 0.0196. The Morgan fingerprint density at radius 2 is 2.00 bits per heavy atom. The number of nitrogens with zero attached hydrogens (tertiary/aromatic N) is 1. The topological polar surface area (TPSA) is 41.6 Å². The number of amides is 1. The van der Waals surface area contributed by atoms with E-state index in [0.29, 0.717) is 0 Å². The molecule has 0 saturated carbocycles. The molecule has 0 bridgehead atoms. The minimum Gasteiger partial charge on any atom is -0.378 e. The number of carbonyl (C=O) groups is 1. The maximum absolute atomic E-state index is 12.7. The summed E-state index contributed by atoms with van der Waals surface area (Å²) < 4.78 is 5.39. The zero-order valence-electron chi connectivity index (χ0n) is 14.6. The second kappa shape index (κ2) is 7.18. The molecular formula is C20H24N2O2S. The van der Waals surface area contributed by atoms with E-state index in [1.54, 1.807) is 11.3 Å². The number of benzene rings is 1. The van der Waals surface area contributed by atoms with Crippen LogP contribution in [0.2, 0.25) is 0 Å². The molecule has 4 nitrogen and oxygen atoms in total. The fraction of sp³-hybridized carbons (Fsp3) is 0.450. The van der Waals surface area contributed by atoms with Crippen molar-refractivity contribution in [3.63, 3.8) is 0 Å². The number of ether oxygens (including phenoxy) is 1. The Kier molecular flexibility index (Phi) is 4.77. The van der Waals surface area contributed by atoms with E-state index in [-0.39, 0.29) is 5.91 Å². The number of rotatable bonds is 3. The summed E-state index contributed by atoms with van der Waals surface area (Å²) >= 11 is 1.74. The maximum atomic E-state index is 12.7. The lowest BCUT2D eigenvalue weighted by Gasteiger charge is -2.28. The molecule has 1 saturated heterocycles. The van der Waals surface area contributed by atoms with Crippen molar-refractivity contribution in [1.29, 1.82) is 0 Å². The van der Waals surface area contributed by atoms with Crippen molar-refractivity contribution in [2.24, 2.45) is 5.92 Å². The molecule has 0 radical (unpaired) electrons. The van der Waals surface area contributed by atoms with Crippen LogP contribution in [0.1, 0.15) is 34.1 Å². The number of hydrogen-bond acceptors (Lipinski definition) is 4. The monoisotopic (exact) mass is 356 g/mol. The highest BCUT2D eigenvalue weighted by Gasteiger charge is 2.23. The summed E-state index contributed by atoms with van der Waals surface area (Å²) in [7, 11) is 0. The van der Waals surface area contributed by atoms with Crippen molar-refractivity contribution >= 4 is 28.6 Å². The van der Waals surface area contributed by atoms with Crippen LogP contribution in [0, 0.1) is 5.92 Å². The molecule has 25 heavy (non-hydrogen) atoms. The molecule has 1 aliphatic heterocycles. The average Bonchev–Trinajstić information content (AvgIpc) is 3.06. The van der Waals surface area contributed by atoms with E-state index in [1.165, 1.54) is 22.5 Å². The fourth-order valence-electron chi connectivity index (χ4n) is 3.64. The average molecular weight is 356 g/mol. The standard InChI is InChI=1S/C20H24N2O2S/c1-14-2-7-17-18(13-25-19(17)12-14)20(23)21-15-3-5-16(6-4-15)22-8-10-24-11-9-22/h3-6,13-14H,2,7-12H2,1H3,(H,21,23)/t14-/m1/s1. The third-order valence-corrected chi connectivity index (χ3v) is 6.20. The van der Waals surface area contributed by atoms with Crippen molar-refractivity contribution in [2.75, 3.05) is 36.5 Å². The highest BCUT2D eigenvalue weighted by Crippen LogP contribution is 2.33. The molecule has 2 aliphatic rings. The molecule has 0 spiro atoms. The van der Waals surface area contributed by atoms with Gasteiger partial charge in [-0.3, -0.25) is 4.79 Å². The highest BCUT2D eigenvalue weighted by molar-refractivity contribution is 7.10. The van der Waals surface area contributed by atoms with Gasteiger partial charge in [0, 0.05) is 34.7 Å². The van der Waals surface area contributed by atoms with Gasteiger partial charge in [0.15, 0.2) is 0 Å². The van der Waals surface area contributed by atoms with E-state index in [4.69, 9.17) is 4.74 Å². The number of thiophene rings is 1. The molecule has 4 rings (SSSR count). The van der Waals surface area contributed by atoms with Crippen LogP contribution in [-0.2, 0) is 17.6 Å². The number of nitrogens with one attached hydrogen (secondary N) is 1. The number of anilines is 2. The van der Waals surface area contributed by atoms with E-state index in [0.717, 1.165) is 56.3 Å². The number of carbonyl (C=O) groups excluding carboxylic acids is 1. The summed E-state index contributed by atoms with van der Waals surface area (Å²) in [5.41, 5.74) is 4.17. The molecule has 1 aromatic heterocycles.